The molecule has 1 heterocycles. The summed E-state index contributed by atoms with van der Waals surface area (Å²) in [6, 6.07) is 5.85. The van der Waals surface area contributed by atoms with Crippen molar-refractivity contribution < 1.29 is 14.2 Å². The Balaban J connectivity index is 2.30. The van der Waals surface area contributed by atoms with Crippen molar-refractivity contribution in [3.05, 3.63) is 23.8 Å². The first-order chi connectivity index (χ1) is 6.31. The monoisotopic (exact) mass is 180 g/mol. The maximum Gasteiger partial charge on any atom is 0.231 e. The Morgan fingerprint density at radius 2 is 2.08 bits per heavy atom. The van der Waals surface area contributed by atoms with E-state index in [0.717, 1.165) is 17.1 Å². The van der Waals surface area contributed by atoms with Crippen LogP contribution in [0.5, 0.6) is 11.5 Å². The number of methoxy groups -OCH3 is 1. The highest BCUT2D eigenvalue weighted by atomic mass is 16.7. The molecular weight excluding hydrogens is 168 g/mol. The zero-order chi connectivity index (χ0) is 9.26. The van der Waals surface area contributed by atoms with Crippen LogP contribution < -0.4 is 9.47 Å². The van der Waals surface area contributed by atoms with Crippen LogP contribution in [0.1, 0.15) is 18.6 Å². The van der Waals surface area contributed by atoms with E-state index >= 15 is 0 Å². The average molecular weight is 180 g/mol. The standard InChI is InChI=1S/C10H12O3/c1-7(11-2)8-3-4-9-10(5-8)13-6-12-9/h3-5,7H,6H2,1-2H3. The van der Waals surface area contributed by atoms with Crippen molar-refractivity contribution in [1.82, 2.24) is 0 Å². The molecular formula is C10H12O3. The van der Waals surface area contributed by atoms with Crippen molar-refractivity contribution in [3.63, 3.8) is 0 Å². The van der Waals surface area contributed by atoms with Gasteiger partial charge in [-0.15, -0.1) is 0 Å². The van der Waals surface area contributed by atoms with Crippen LogP contribution in [0.3, 0.4) is 0 Å². The molecule has 0 aliphatic carbocycles. The molecule has 13 heavy (non-hydrogen) atoms. The molecule has 0 amide bonds. The highest BCUT2D eigenvalue weighted by Crippen LogP contribution is 2.34. The van der Waals surface area contributed by atoms with E-state index in [1.165, 1.54) is 0 Å². The molecule has 1 aliphatic heterocycles. The van der Waals surface area contributed by atoms with Crippen LogP contribution in [-0.4, -0.2) is 13.9 Å². The van der Waals surface area contributed by atoms with Gasteiger partial charge in [-0.2, -0.15) is 0 Å². The summed E-state index contributed by atoms with van der Waals surface area (Å²) in [6.07, 6.45) is 0.0921. The Morgan fingerprint density at radius 3 is 2.85 bits per heavy atom. The summed E-state index contributed by atoms with van der Waals surface area (Å²) in [6.45, 7) is 2.32. The van der Waals surface area contributed by atoms with Crippen LogP contribution >= 0.6 is 0 Å². The lowest BCUT2D eigenvalue weighted by molar-refractivity contribution is 0.119. The van der Waals surface area contributed by atoms with Gasteiger partial charge in [0.25, 0.3) is 0 Å². The van der Waals surface area contributed by atoms with Gasteiger partial charge in [0, 0.05) is 7.11 Å². The molecule has 0 saturated carbocycles. The molecule has 0 radical (unpaired) electrons. The number of benzene rings is 1. The van der Waals surface area contributed by atoms with Crippen molar-refractivity contribution in [1.29, 1.82) is 0 Å². The van der Waals surface area contributed by atoms with E-state index in [1.807, 2.05) is 25.1 Å². The van der Waals surface area contributed by atoms with E-state index in [4.69, 9.17) is 14.2 Å². The van der Waals surface area contributed by atoms with Gasteiger partial charge >= 0.3 is 0 Å². The molecule has 1 aliphatic rings. The third-order valence-corrected chi connectivity index (χ3v) is 2.22. The van der Waals surface area contributed by atoms with E-state index in [9.17, 15) is 0 Å². The first-order valence-corrected chi connectivity index (χ1v) is 4.23. The summed E-state index contributed by atoms with van der Waals surface area (Å²) in [5, 5.41) is 0. The van der Waals surface area contributed by atoms with Crippen LogP contribution in [0.25, 0.3) is 0 Å². The lowest BCUT2D eigenvalue weighted by Crippen LogP contribution is -1.95. The molecule has 0 bridgehead atoms. The van der Waals surface area contributed by atoms with Crippen molar-refractivity contribution in [2.24, 2.45) is 0 Å². The topological polar surface area (TPSA) is 27.7 Å². The largest absolute Gasteiger partial charge is 0.454 e. The second kappa shape index (κ2) is 3.26. The van der Waals surface area contributed by atoms with Crippen LogP contribution in [0.4, 0.5) is 0 Å². The molecule has 1 aromatic rings. The lowest BCUT2D eigenvalue weighted by atomic mass is 10.1. The minimum Gasteiger partial charge on any atom is -0.454 e. The third kappa shape index (κ3) is 1.47. The average Bonchev–Trinajstić information content (AvgIpc) is 2.63. The highest BCUT2D eigenvalue weighted by molar-refractivity contribution is 5.44. The van der Waals surface area contributed by atoms with E-state index in [-0.39, 0.29) is 6.10 Å². The fourth-order valence-corrected chi connectivity index (χ4v) is 1.30. The van der Waals surface area contributed by atoms with Crippen molar-refractivity contribution in [2.45, 2.75) is 13.0 Å². The molecule has 1 atom stereocenters. The molecule has 0 aromatic heterocycles. The summed E-state index contributed by atoms with van der Waals surface area (Å²) in [5.41, 5.74) is 1.10. The van der Waals surface area contributed by atoms with E-state index < -0.39 is 0 Å². The molecule has 3 nitrogen and oxygen atoms in total. The Morgan fingerprint density at radius 1 is 1.31 bits per heavy atom. The fourth-order valence-electron chi connectivity index (χ4n) is 1.30. The molecule has 0 saturated heterocycles. The van der Waals surface area contributed by atoms with Crippen LogP contribution in [0, 0.1) is 0 Å². The quantitative estimate of drug-likeness (QED) is 0.697. The number of rotatable bonds is 2. The summed E-state index contributed by atoms with van der Waals surface area (Å²) in [7, 11) is 1.69. The maximum absolute atomic E-state index is 5.26. The highest BCUT2D eigenvalue weighted by Gasteiger charge is 2.14. The lowest BCUT2D eigenvalue weighted by Gasteiger charge is -2.09. The van der Waals surface area contributed by atoms with E-state index in [0.29, 0.717) is 6.79 Å². The van der Waals surface area contributed by atoms with Gasteiger partial charge in [-0.25, -0.2) is 0 Å². The Labute approximate surface area is 77.2 Å². The molecule has 0 spiro atoms. The van der Waals surface area contributed by atoms with Gasteiger partial charge < -0.3 is 14.2 Å². The second-order valence-corrected chi connectivity index (χ2v) is 2.99. The van der Waals surface area contributed by atoms with Crippen molar-refractivity contribution in [3.8, 4) is 11.5 Å². The van der Waals surface area contributed by atoms with Crippen molar-refractivity contribution in [2.75, 3.05) is 13.9 Å². The molecule has 3 heteroatoms. The minimum atomic E-state index is 0.0921. The van der Waals surface area contributed by atoms with Gasteiger partial charge in [0.2, 0.25) is 6.79 Å². The first-order valence-electron chi connectivity index (χ1n) is 4.23. The maximum atomic E-state index is 5.26. The molecule has 2 rings (SSSR count). The predicted octanol–water partition coefficient (Wildman–Crippen LogP) is 2.12. The van der Waals surface area contributed by atoms with Gasteiger partial charge in [0.05, 0.1) is 6.10 Å². The number of ether oxygens (including phenoxy) is 3. The van der Waals surface area contributed by atoms with Crippen molar-refractivity contribution >= 4 is 0 Å². The fraction of sp³-hybridized carbons (Fsp3) is 0.400. The Bertz CT molecular complexity index is 309. The smallest absolute Gasteiger partial charge is 0.231 e. The van der Waals surface area contributed by atoms with Crippen LogP contribution in [0.15, 0.2) is 18.2 Å². The summed E-state index contributed by atoms with van der Waals surface area (Å²) in [5.74, 6) is 1.62. The molecule has 0 N–H and O–H groups in total. The van der Waals surface area contributed by atoms with Gasteiger partial charge in [0.1, 0.15) is 0 Å². The van der Waals surface area contributed by atoms with E-state index in [2.05, 4.69) is 0 Å². The van der Waals surface area contributed by atoms with Gasteiger partial charge in [-0.1, -0.05) is 6.07 Å². The second-order valence-electron chi connectivity index (χ2n) is 2.99. The Hall–Kier alpha value is -1.22. The molecule has 1 aromatic carbocycles. The predicted molar refractivity (Wildman–Crippen MR) is 48.0 cm³/mol. The zero-order valence-corrected chi connectivity index (χ0v) is 7.74. The zero-order valence-electron chi connectivity index (χ0n) is 7.74. The van der Waals surface area contributed by atoms with E-state index in [1.54, 1.807) is 7.11 Å². The number of hydrogen-bond donors (Lipinski definition) is 0. The summed E-state index contributed by atoms with van der Waals surface area (Å²) in [4.78, 5) is 0. The number of hydrogen-bond acceptors (Lipinski definition) is 3. The first kappa shape index (κ1) is 8.38. The third-order valence-electron chi connectivity index (χ3n) is 2.22. The molecule has 0 fully saturated rings. The SMILES string of the molecule is COC(C)c1ccc2c(c1)OCO2. The summed E-state index contributed by atoms with van der Waals surface area (Å²) < 4.78 is 15.7. The number of fused-ring (bicyclic) bond motifs is 1. The van der Waals surface area contributed by atoms with Crippen LogP contribution in [-0.2, 0) is 4.74 Å². The van der Waals surface area contributed by atoms with Gasteiger partial charge in [0.15, 0.2) is 11.5 Å². The molecule has 1 unspecified atom stereocenters. The Kier molecular flexibility index (Phi) is 2.10. The van der Waals surface area contributed by atoms with Gasteiger partial charge in [-0.3, -0.25) is 0 Å². The molecule has 70 valence electrons. The van der Waals surface area contributed by atoms with Gasteiger partial charge in [-0.05, 0) is 24.6 Å². The minimum absolute atomic E-state index is 0.0921. The van der Waals surface area contributed by atoms with Crippen LogP contribution in [0.2, 0.25) is 0 Å². The normalized spacial score (nSPS) is 15.8. The summed E-state index contributed by atoms with van der Waals surface area (Å²) >= 11 is 0.